The van der Waals surface area contributed by atoms with Crippen LogP contribution in [0.3, 0.4) is 0 Å². The number of carbonyl (C=O) groups excluding carboxylic acids is 2. The van der Waals surface area contributed by atoms with E-state index in [-0.39, 0.29) is 36.4 Å². The molecule has 1 aliphatic rings. The third-order valence-corrected chi connectivity index (χ3v) is 4.77. The van der Waals surface area contributed by atoms with Crippen molar-refractivity contribution in [2.75, 3.05) is 26.9 Å². The van der Waals surface area contributed by atoms with Crippen LogP contribution in [0.15, 0.2) is 42.1 Å². The largest absolute Gasteiger partial charge is 0.460 e. The zero-order valence-electron chi connectivity index (χ0n) is 14.6. The first-order valence-corrected chi connectivity index (χ1v) is 8.67. The van der Waals surface area contributed by atoms with Crippen molar-refractivity contribution in [1.29, 1.82) is 0 Å². The summed E-state index contributed by atoms with van der Waals surface area (Å²) in [6, 6.07) is 3.91. The summed E-state index contributed by atoms with van der Waals surface area (Å²) in [6.07, 6.45) is 1.57. The van der Waals surface area contributed by atoms with Crippen molar-refractivity contribution in [3.63, 3.8) is 0 Å². The van der Waals surface area contributed by atoms with Crippen molar-refractivity contribution in [2.45, 2.75) is 13.0 Å². The van der Waals surface area contributed by atoms with E-state index in [2.05, 4.69) is 11.9 Å². The molecule has 2 amide bonds. The SMILES string of the molecule is C=CCN1C(=O)N[C@@H](c2cccc(Cl)c2Cl)C(C(=O)OCCOC)=C1C. The average molecular weight is 399 g/mol. The molecule has 26 heavy (non-hydrogen) atoms. The Hall–Kier alpha value is -2.02. The van der Waals surface area contributed by atoms with Gasteiger partial charge in [0.2, 0.25) is 0 Å². The van der Waals surface area contributed by atoms with E-state index in [1.54, 1.807) is 31.2 Å². The van der Waals surface area contributed by atoms with Gasteiger partial charge in [0.1, 0.15) is 6.61 Å². The summed E-state index contributed by atoms with van der Waals surface area (Å²) in [5.41, 5.74) is 1.27. The van der Waals surface area contributed by atoms with Crippen LogP contribution in [-0.4, -0.2) is 43.8 Å². The van der Waals surface area contributed by atoms with Gasteiger partial charge in [-0.25, -0.2) is 9.59 Å². The Labute approximate surface area is 162 Å². The molecular weight excluding hydrogens is 379 g/mol. The first-order chi connectivity index (χ1) is 12.4. The van der Waals surface area contributed by atoms with E-state index in [0.29, 0.717) is 16.3 Å². The zero-order valence-corrected chi connectivity index (χ0v) is 16.1. The smallest absolute Gasteiger partial charge is 0.338 e. The molecule has 2 rings (SSSR count). The fourth-order valence-corrected chi connectivity index (χ4v) is 3.08. The standard InChI is InChI=1S/C18H20Cl2N2O4/c1-4-8-22-11(2)14(17(23)26-10-9-25-3)16(21-18(22)24)12-6-5-7-13(19)15(12)20/h4-7,16H,1,8-10H2,2-3H3,(H,21,24)/t16-/m0/s1. The fraction of sp³-hybridized carbons (Fsp3) is 0.333. The minimum atomic E-state index is -0.773. The maximum atomic E-state index is 12.7. The molecule has 0 fully saturated rings. The Bertz CT molecular complexity index is 749. The molecule has 0 radical (unpaired) electrons. The van der Waals surface area contributed by atoms with Crippen molar-refractivity contribution in [3.8, 4) is 0 Å². The van der Waals surface area contributed by atoms with Crippen molar-refractivity contribution in [1.82, 2.24) is 10.2 Å². The molecule has 1 aliphatic heterocycles. The highest BCUT2D eigenvalue weighted by atomic mass is 35.5. The van der Waals surface area contributed by atoms with E-state index in [1.807, 2.05) is 0 Å². The van der Waals surface area contributed by atoms with Crippen molar-refractivity contribution >= 4 is 35.2 Å². The number of hydrogen-bond donors (Lipinski definition) is 1. The molecule has 1 N–H and O–H groups in total. The second kappa shape index (κ2) is 9.07. The second-order valence-electron chi connectivity index (χ2n) is 5.55. The summed E-state index contributed by atoms with van der Waals surface area (Å²) in [7, 11) is 1.51. The number of benzene rings is 1. The number of carbonyl (C=O) groups is 2. The number of allylic oxidation sites excluding steroid dienone is 1. The van der Waals surface area contributed by atoms with Gasteiger partial charge in [-0.3, -0.25) is 4.90 Å². The third-order valence-electron chi connectivity index (χ3n) is 3.94. The Balaban J connectivity index is 2.50. The topological polar surface area (TPSA) is 67.9 Å². The lowest BCUT2D eigenvalue weighted by atomic mass is 9.94. The Morgan fingerprint density at radius 1 is 1.38 bits per heavy atom. The monoisotopic (exact) mass is 398 g/mol. The molecular formula is C18H20Cl2N2O4. The molecule has 0 spiro atoms. The highest BCUT2D eigenvalue weighted by Crippen LogP contribution is 2.37. The van der Waals surface area contributed by atoms with Crippen LogP contribution < -0.4 is 5.32 Å². The van der Waals surface area contributed by atoms with Crippen molar-refractivity contribution in [3.05, 3.63) is 57.7 Å². The van der Waals surface area contributed by atoms with Crippen LogP contribution >= 0.6 is 23.2 Å². The van der Waals surface area contributed by atoms with Gasteiger partial charge in [-0.2, -0.15) is 0 Å². The third kappa shape index (κ3) is 4.20. The molecule has 0 saturated heterocycles. The Kier molecular flexibility index (Phi) is 7.08. The van der Waals surface area contributed by atoms with E-state index in [9.17, 15) is 9.59 Å². The lowest BCUT2D eigenvalue weighted by Gasteiger charge is -2.35. The van der Waals surface area contributed by atoms with Crippen LogP contribution in [0.1, 0.15) is 18.5 Å². The first-order valence-electron chi connectivity index (χ1n) is 7.92. The number of ether oxygens (including phenoxy) is 2. The number of methoxy groups -OCH3 is 1. The number of nitrogens with one attached hydrogen (secondary N) is 1. The van der Waals surface area contributed by atoms with Crippen LogP contribution in [0.5, 0.6) is 0 Å². The van der Waals surface area contributed by atoms with Crippen molar-refractivity contribution < 1.29 is 19.1 Å². The molecule has 1 atom stereocenters. The van der Waals surface area contributed by atoms with Gasteiger partial charge in [0, 0.05) is 19.4 Å². The number of rotatable bonds is 7. The lowest BCUT2D eigenvalue weighted by Crippen LogP contribution is -2.48. The summed E-state index contributed by atoms with van der Waals surface area (Å²) >= 11 is 12.4. The quantitative estimate of drug-likeness (QED) is 0.431. The fourth-order valence-electron chi connectivity index (χ4n) is 2.67. The van der Waals surface area contributed by atoms with Gasteiger partial charge in [0.05, 0.1) is 28.3 Å². The second-order valence-corrected chi connectivity index (χ2v) is 6.34. The Morgan fingerprint density at radius 3 is 2.77 bits per heavy atom. The highest BCUT2D eigenvalue weighted by Gasteiger charge is 2.37. The minimum absolute atomic E-state index is 0.0948. The predicted octanol–water partition coefficient (Wildman–Crippen LogP) is 3.71. The summed E-state index contributed by atoms with van der Waals surface area (Å²) in [6.45, 7) is 5.94. The number of urea groups is 1. The van der Waals surface area contributed by atoms with Crippen LogP contribution in [0.25, 0.3) is 0 Å². The number of esters is 1. The van der Waals surface area contributed by atoms with E-state index in [1.165, 1.54) is 12.0 Å². The van der Waals surface area contributed by atoms with E-state index < -0.39 is 12.0 Å². The molecule has 0 aromatic heterocycles. The molecule has 140 valence electrons. The molecule has 6 nitrogen and oxygen atoms in total. The molecule has 0 saturated carbocycles. The Morgan fingerprint density at radius 2 is 2.12 bits per heavy atom. The number of nitrogens with zero attached hydrogens (tertiary/aromatic N) is 1. The molecule has 0 bridgehead atoms. The lowest BCUT2D eigenvalue weighted by molar-refractivity contribution is -0.140. The van der Waals surface area contributed by atoms with Crippen molar-refractivity contribution in [2.24, 2.45) is 0 Å². The molecule has 1 aromatic rings. The van der Waals surface area contributed by atoms with Gasteiger partial charge in [0.15, 0.2) is 0 Å². The first kappa shape index (κ1) is 20.3. The zero-order chi connectivity index (χ0) is 19.3. The maximum absolute atomic E-state index is 12.7. The normalized spacial score (nSPS) is 17.2. The van der Waals surface area contributed by atoms with Crippen LogP contribution in [0.2, 0.25) is 10.0 Å². The van der Waals surface area contributed by atoms with Gasteiger partial charge in [0.25, 0.3) is 0 Å². The van der Waals surface area contributed by atoms with Gasteiger partial charge in [-0.15, -0.1) is 6.58 Å². The van der Waals surface area contributed by atoms with Gasteiger partial charge in [-0.1, -0.05) is 41.4 Å². The highest BCUT2D eigenvalue weighted by molar-refractivity contribution is 6.42. The summed E-state index contributed by atoms with van der Waals surface area (Å²) < 4.78 is 10.2. The van der Waals surface area contributed by atoms with Gasteiger partial charge >= 0.3 is 12.0 Å². The van der Waals surface area contributed by atoms with E-state index in [4.69, 9.17) is 32.7 Å². The predicted molar refractivity (Wildman–Crippen MR) is 100 cm³/mol. The molecule has 1 aromatic carbocycles. The van der Waals surface area contributed by atoms with Gasteiger partial charge < -0.3 is 14.8 Å². The van der Waals surface area contributed by atoms with Crippen LogP contribution in [0, 0.1) is 0 Å². The minimum Gasteiger partial charge on any atom is -0.460 e. The molecule has 0 aliphatic carbocycles. The van der Waals surface area contributed by atoms with Crippen LogP contribution in [0.4, 0.5) is 4.79 Å². The molecule has 1 heterocycles. The molecule has 0 unspecified atom stereocenters. The van der Waals surface area contributed by atoms with E-state index in [0.717, 1.165) is 0 Å². The van der Waals surface area contributed by atoms with Crippen LogP contribution in [-0.2, 0) is 14.3 Å². The average Bonchev–Trinajstić information content (AvgIpc) is 2.60. The summed E-state index contributed by atoms with van der Waals surface area (Å²) in [5.74, 6) is -0.561. The number of halogens is 2. The molecule has 8 heteroatoms. The summed E-state index contributed by atoms with van der Waals surface area (Å²) in [4.78, 5) is 26.6. The van der Waals surface area contributed by atoms with E-state index >= 15 is 0 Å². The number of amides is 2. The summed E-state index contributed by atoms with van der Waals surface area (Å²) in [5, 5.41) is 3.39. The number of hydrogen-bond acceptors (Lipinski definition) is 4. The van der Waals surface area contributed by atoms with Gasteiger partial charge in [-0.05, 0) is 18.6 Å². The maximum Gasteiger partial charge on any atom is 0.338 e.